The number of benzene rings is 1. The van der Waals surface area contributed by atoms with Gasteiger partial charge in [0.2, 0.25) is 11.7 Å². The van der Waals surface area contributed by atoms with Gasteiger partial charge >= 0.3 is 0 Å². The van der Waals surface area contributed by atoms with Gasteiger partial charge in [-0.3, -0.25) is 0 Å². The molecule has 1 aliphatic heterocycles. The molecule has 0 saturated carbocycles. The second-order valence-electron chi connectivity index (χ2n) is 6.56. The second kappa shape index (κ2) is 7.21. The van der Waals surface area contributed by atoms with Crippen molar-refractivity contribution in [2.75, 3.05) is 24.6 Å². The minimum atomic E-state index is -0.227. The first-order chi connectivity index (χ1) is 12.7. The lowest BCUT2D eigenvalue weighted by molar-refractivity contribution is 0.0323. The predicted octanol–water partition coefficient (Wildman–Crippen LogP) is 3.23. The van der Waals surface area contributed by atoms with Crippen LogP contribution in [0.25, 0.3) is 11.4 Å². The van der Waals surface area contributed by atoms with Crippen molar-refractivity contribution in [3.63, 3.8) is 0 Å². The summed E-state index contributed by atoms with van der Waals surface area (Å²) < 4.78 is 11.2. The van der Waals surface area contributed by atoms with Crippen LogP contribution in [-0.4, -0.2) is 39.8 Å². The second-order valence-corrected chi connectivity index (χ2v) is 6.56. The summed E-state index contributed by atoms with van der Waals surface area (Å²) in [6.07, 6.45) is 1.57. The van der Waals surface area contributed by atoms with Crippen molar-refractivity contribution in [2.24, 2.45) is 0 Å². The summed E-state index contributed by atoms with van der Waals surface area (Å²) in [6.45, 7) is 6.02. The van der Waals surface area contributed by atoms with E-state index < -0.39 is 0 Å². The minimum Gasteiger partial charge on any atom is -0.366 e. The number of morpholine rings is 1. The van der Waals surface area contributed by atoms with E-state index in [-0.39, 0.29) is 12.0 Å². The standard InChI is InChI=1S/C19H21N5O2/c1-13(2)19-22-18(23-26-19)15-12-24(10-11-25-15)16-8-9-20-17(21-16)14-6-4-3-5-7-14/h3-9,13,15H,10-12H2,1-2H3/t15-/m1/s1. The van der Waals surface area contributed by atoms with Crippen LogP contribution in [0.3, 0.4) is 0 Å². The number of nitrogens with zero attached hydrogens (tertiary/aromatic N) is 5. The van der Waals surface area contributed by atoms with E-state index in [2.05, 4.69) is 20.0 Å². The van der Waals surface area contributed by atoms with Crippen LogP contribution in [-0.2, 0) is 4.74 Å². The van der Waals surface area contributed by atoms with Crippen molar-refractivity contribution < 1.29 is 9.26 Å². The van der Waals surface area contributed by atoms with Gasteiger partial charge in [0.15, 0.2) is 5.82 Å². The third-order valence-corrected chi connectivity index (χ3v) is 4.30. The van der Waals surface area contributed by atoms with Crippen molar-refractivity contribution in [1.82, 2.24) is 20.1 Å². The molecule has 1 saturated heterocycles. The van der Waals surface area contributed by atoms with Crippen LogP contribution in [0, 0.1) is 0 Å². The molecule has 1 aliphatic rings. The molecule has 1 atom stereocenters. The maximum atomic E-state index is 5.85. The Kier molecular flexibility index (Phi) is 4.62. The van der Waals surface area contributed by atoms with Gasteiger partial charge in [0.05, 0.1) is 13.2 Å². The molecule has 3 heterocycles. The Labute approximate surface area is 152 Å². The third kappa shape index (κ3) is 3.43. The lowest BCUT2D eigenvalue weighted by Crippen LogP contribution is -2.39. The Morgan fingerprint density at radius 3 is 2.73 bits per heavy atom. The summed E-state index contributed by atoms with van der Waals surface area (Å²) in [5.41, 5.74) is 0.999. The number of rotatable bonds is 4. The molecule has 1 fully saturated rings. The Balaban J connectivity index is 1.54. The van der Waals surface area contributed by atoms with Gasteiger partial charge < -0.3 is 14.2 Å². The van der Waals surface area contributed by atoms with Gasteiger partial charge in [0, 0.05) is 24.2 Å². The SMILES string of the molecule is CC(C)c1nc([C@H]2CN(c3ccnc(-c4ccccc4)n3)CCO2)no1. The van der Waals surface area contributed by atoms with Crippen LogP contribution < -0.4 is 4.90 Å². The van der Waals surface area contributed by atoms with E-state index in [1.807, 2.05) is 50.2 Å². The lowest BCUT2D eigenvalue weighted by atomic mass is 10.2. The highest BCUT2D eigenvalue weighted by molar-refractivity contribution is 5.57. The summed E-state index contributed by atoms with van der Waals surface area (Å²) in [6, 6.07) is 11.9. The van der Waals surface area contributed by atoms with Crippen LogP contribution in [0.4, 0.5) is 5.82 Å². The molecule has 0 radical (unpaired) electrons. The van der Waals surface area contributed by atoms with Crippen molar-refractivity contribution in [2.45, 2.75) is 25.9 Å². The Bertz CT molecular complexity index is 865. The molecule has 1 aromatic carbocycles. The first-order valence-electron chi connectivity index (χ1n) is 8.79. The average Bonchev–Trinajstić information content (AvgIpc) is 3.20. The predicted molar refractivity (Wildman–Crippen MR) is 96.8 cm³/mol. The van der Waals surface area contributed by atoms with Crippen LogP contribution in [0.15, 0.2) is 47.1 Å². The zero-order valence-corrected chi connectivity index (χ0v) is 14.9. The van der Waals surface area contributed by atoms with Crippen molar-refractivity contribution in [3.8, 4) is 11.4 Å². The van der Waals surface area contributed by atoms with Gasteiger partial charge in [-0.2, -0.15) is 4.98 Å². The highest BCUT2D eigenvalue weighted by Crippen LogP contribution is 2.25. The largest absolute Gasteiger partial charge is 0.366 e. The van der Waals surface area contributed by atoms with E-state index >= 15 is 0 Å². The molecule has 7 nitrogen and oxygen atoms in total. The molecule has 0 aliphatic carbocycles. The molecule has 0 bridgehead atoms. The topological polar surface area (TPSA) is 77.2 Å². The molecule has 3 aromatic rings. The maximum Gasteiger partial charge on any atom is 0.229 e. The van der Waals surface area contributed by atoms with Crippen LogP contribution >= 0.6 is 0 Å². The van der Waals surface area contributed by atoms with Crippen molar-refractivity contribution in [3.05, 3.63) is 54.3 Å². The van der Waals surface area contributed by atoms with Gasteiger partial charge in [0.1, 0.15) is 11.9 Å². The van der Waals surface area contributed by atoms with Crippen molar-refractivity contribution >= 4 is 5.82 Å². The van der Waals surface area contributed by atoms with Gasteiger partial charge in [0.25, 0.3) is 0 Å². The fraction of sp³-hybridized carbons (Fsp3) is 0.368. The smallest absolute Gasteiger partial charge is 0.229 e. The Hall–Kier alpha value is -2.80. The normalized spacial score (nSPS) is 17.7. The van der Waals surface area contributed by atoms with Crippen LogP contribution in [0.5, 0.6) is 0 Å². The summed E-state index contributed by atoms with van der Waals surface area (Å²) in [5, 5.41) is 4.08. The highest BCUT2D eigenvalue weighted by Gasteiger charge is 2.27. The van der Waals surface area contributed by atoms with E-state index in [1.165, 1.54) is 0 Å². The van der Waals surface area contributed by atoms with Crippen molar-refractivity contribution in [1.29, 1.82) is 0 Å². The summed E-state index contributed by atoms with van der Waals surface area (Å²) >= 11 is 0. The molecule has 0 spiro atoms. The van der Waals surface area contributed by atoms with Gasteiger partial charge in [-0.1, -0.05) is 49.3 Å². The van der Waals surface area contributed by atoms with Gasteiger partial charge in [-0.05, 0) is 6.07 Å². The maximum absolute atomic E-state index is 5.85. The van der Waals surface area contributed by atoms with E-state index in [4.69, 9.17) is 14.2 Å². The number of aromatic nitrogens is 4. The van der Waals surface area contributed by atoms with E-state index in [0.29, 0.717) is 30.7 Å². The molecule has 0 amide bonds. The number of anilines is 1. The Morgan fingerprint density at radius 1 is 1.12 bits per heavy atom. The zero-order chi connectivity index (χ0) is 17.9. The molecule has 134 valence electrons. The molecule has 0 N–H and O–H groups in total. The van der Waals surface area contributed by atoms with E-state index in [9.17, 15) is 0 Å². The molecule has 26 heavy (non-hydrogen) atoms. The average molecular weight is 351 g/mol. The quantitative estimate of drug-likeness (QED) is 0.714. The lowest BCUT2D eigenvalue weighted by Gasteiger charge is -2.32. The molecule has 0 unspecified atom stereocenters. The van der Waals surface area contributed by atoms with E-state index in [1.54, 1.807) is 6.20 Å². The molecule has 4 rings (SSSR count). The molecule has 2 aromatic heterocycles. The summed E-state index contributed by atoms with van der Waals surface area (Å²) in [5.74, 6) is 3.02. The summed E-state index contributed by atoms with van der Waals surface area (Å²) in [4.78, 5) is 15.8. The van der Waals surface area contributed by atoms with Crippen LogP contribution in [0.1, 0.15) is 37.6 Å². The molecular weight excluding hydrogens is 330 g/mol. The fourth-order valence-electron chi connectivity index (χ4n) is 2.88. The van der Waals surface area contributed by atoms with Gasteiger partial charge in [-0.15, -0.1) is 0 Å². The first-order valence-corrected chi connectivity index (χ1v) is 8.79. The number of ether oxygens (including phenoxy) is 1. The summed E-state index contributed by atoms with van der Waals surface area (Å²) in [7, 11) is 0. The number of hydrogen-bond acceptors (Lipinski definition) is 7. The minimum absolute atomic E-state index is 0.200. The molecular formula is C19H21N5O2. The third-order valence-electron chi connectivity index (χ3n) is 4.30. The number of hydrogen-bond donors (Lipinski definition) is 0. The Morgan fingerprint density at radius 2 is 1.96 bits per heavy atom. The van der Waals surface area contributed by atoms with Gasteiger partial charge in [-0.25, -0.2) is 9.97 Å². The molecule has 7 heteroatoms. The highest BCUT2D eigenvalue weighted by atomic mass is 16.5. The first kappa shape index (κ1) is 16.7. The van der Waals surface area contributed by atoms with Crippen LogP contribution in [0.2, 0.25) is 0 Å². The zero-order valence-electron chi connectivity index (χ0n) is 14.9. The van der Waals surface area contributed by atoms with E-state index in [0.717, 1.165) is 17.9 Å². The monoisotopic (exact) mass is 351 g/mol. The fourth-order valence-corrected chi connectivity index (χ4v) is 2.88.